The molecule has 0 saturated heterocycles. The molecule has 0 N–H and O–H groups in total. The van der Waals surface area contributed by atoms with E-state index in [9.17, 15) is 4.79 Å². The van der Waals surface area contributed by atoms with Crippen molar-refractivity contribution in [3.63, 3.8) is 0 Å². The molecule has 1 saturated carbocycles. The third-order valence-corrected chi connectivity index (χ3v) is 4.50. The largest absolute Gasteiger partial charge is 0.299 e. The standard InChI is InChI=1S/C16H14O/c17-14-9-12-7-6-11-8-13(16(14)15(11)12)10-4-2-1-3-5-10/h1-8,11-12,15-16H,9H2/t11-,12+,15+,16-/m0/s1. The Kier molecular flexibility index (Phi) is 1.77. The lowest BCUT2D eigenvalue weighted by molar-refractivity contribution is -0.119. The fourth-order valence-corrected chi connectivity index (χ4v) is 3.83. The van der Waals surface area contributed by atoms with E-state index in [2.05, 4.69) is 42.5 Å². The summed E-state index contributed by atoms with van der Waals surface area (Å²) < 4.78 is 0. The number of Topliss-reactive ketones (excluding diaryl/α,β-unsaturated/α-hetero) is 1. The van der Waals surface area contributed by atoms with Crippen LogP contribution in [0, 0.1) is 23.7 Å². The first kappa shape index (κ1) is 9.41. The summed E-state index contributed by atoms with van der Waals surface area (Å²) in [6, 6.07) is 10.4. The molecule has 17 heavy (non-hydrogen) atoms. The molecular weight excluding hydrogens is 208 g/mol. The molecule has 1 aromatic carbocycles. The molecule has 1 heteroatoms. The normalized spacial score (nSPS) is 37.4. The van der Waals surface area contributed by atoms with Crippen molar-refractivity contribution in [2.45, 2.75) is 6.42 Å². The Balaban J connectivity index is 1.83. The van der Waals surface area contributed by atoms with Crippen LogP contribution >= 0.6 is 0 Å². The highest BCUT2D eigenvalue weighted by atomic mass is 16.1. The van der Waals surface area contributed by atoms with Gasteiger partial charge < -0.3 is 0 Å². The highest BCUT2D eigenvalue weighted by molar-refractivity contribution is 5.98. The molecule has 4 rings (SSSR count). The van der Waals surface area contributed by atoms with E-state index < -0.39 is 0 Å². The predicted molar refractivity (Wildman–Crippen MR) is 67.1 cm³/mol. The van der Waals surface area contributed by atoms with Crippen LogP contribution in [0.1, 0.15) is 12.0 Å². The summed E-state index contributed by atoms with van der Waals surface area (Å²) in [6.07, 6.45) is 7.63. The van der Waals surface area contributed by atoms with Crippen molar-refractivity contribution in [2.24, 2.45) is 23.7 Å². The maximum absolute atomic E-state index is 12.2. The van der Waals surface area contributed by atoms with E-state index in [1.165, 1.54) is 11.1 Å². The zero-order valence-corrected chi connectivity index (χ0v) is 9.54. The van der Waals surface area contributed by atoms with Crippen LogP contribution in [0.3, 0.4) is 0 Å². The number of hydrogen-bond acceptors (Lipinski definition) is 1. The Hall–Kier alpha value is -1.63. The van der Waals surface area contributed by atoms with Gasteiger partial charge in [0, 0.05) is 12.3 Å². The number of rotatable bonds is 1. The third kappa shape index (κ3) is 1.17. The fraction of sp³-hybridized carbons (Fsp3) is 0.312. The Morgan fingerprint density at radius 1 is 1.06 bits per heavy atom. The molecule has 0 spiro atoms. The predicted octanol–water partition coefficient (Wildman–Crippen LogP) is 3.09. The third-order valence-electron chi connectivity index (χ3n) is 4.50. The molecule has 3 aliphatic carbocycles. The first-order valence-electron chi connectivity index (χ1n) is 6.33. The number of carbonyl (C=O) groups excluding carboxylic acids is 1. The number of ketones is 1. The molecular formula is C16H14O. The van der Waals surface area contributed by atoms with Crippen LogP contribution in [-0.2, 0) is 4.79 Å². The zero-order chi connectivity index (χ0) is 11.4. The Morgan fingerprint density at radius 2 is 1.88 bits per heavy atom. The van der Waals surface area contributed by atoms with Crippen molar-refractivity contribution in [3.8, 4) is 0 Å². The first-order valence-corrected chi connectivity index (χ1v) is 6.33. The summed E-state index contributed by atoms with van der Waals surface area (Å²) in [5.74, 6) is 2.17. The van der Waals surface area contributed by atoms with Gasteiger partial charge in [0.05, 0.1) is 0 Å². The van der Waals surface area contributed by atoms with Crippen molar-refractivity contribution in [3.05, 3.63) is 54.1 Å². The Labute approximate surface area is 101 Å². The Bertz CT molecular complexity index is 538. The number of allylic oxidation sites excluding steroid dienone is 4. The average molecular weight is 222 g/mol. The van der Waals surface area contributed by atoms with E-state index in [0.29, 0.717) is 23.5 Å². The van der Waals surface area contributed by atoms with Gasteiger partial charge in [0.25, 0.3) is 0 Å². The van der Waals surface area contributed by atoms with E-state index in [4.69, 9.17) is 0 Å². The second-order valence-corrected chi connectivity index (χ2v) is 5.34. The van der Waals surface area contributed by atoms with Crippen molar-refractivity contribution in [1.82, 2.24) is 0 Å². The van der Waals surface area contributed by atoms with Crippen LogP contribution in [0.25, 0.3) is 5.57 Å². The van der Waals surface area contributed by atoms with Gasteiger partial charge in [-0.25, -0.2) is 0 Å². The topological polar surface area (TPSA) is 17.1 Å². The highest BCUT2D eigenvalue weighted by Crippen LogP contribution is 2.55. The van der Waals surface area contributed by atoms with Gasteiger partial charge in [0.1, 0.15) is 5.78 Å². The Morgan fingerprint density at radius 3 is 2.71 bits per heavy atom. The average Bonchev–Trinajstić information content (AvgIpc) is 2.98. The van der Waals surface area contributed by atoms with Gasteiger partial charge in [-0.3, -0.25) is 4.79 Å². The molecule has 0 bridgehead atoms. The van der Waals surface area contributed by atoms with Crippen LogP contribution in [0.4, 0.5) is 0 Å². The summed E-state index contributed by atoms with van der Waals surface area (Å²) in [5, 5.41) is 0. The van der Waals surface area contributed by atoms with Crippen LogP contribution in [-0.4, -0.2) is 5.78 Å². The molecule has 0 unspecified atom stereocenters. The van der Waals surface area contributed by atoms with Gasteiger partial charge in [0.2, 0.25) is 0 Å². The van der Waals surface area contributed by atoms with Crippen LogP contribution in [0.2, 0.25) is 0 Å². The quantitative estimate of drug-likeness (QED) is 0.667. The van der Waals surface area contributed by atoms with Gasteiger partial charge >= 0.3 is 0 Å². The van der Waals surface area contributed by atoms with E-state index in [1.54, 1.807) is 0 Å². The minimum absolute atomic E-state index is 0.169. The minimum Gasteiger partial charge on any atom is -0.299 e. The molecule has 4 atom stereocenters. The van der Waals surface area contributed by atoms with Crippen molar-refractivity contribution < 1.29 is 4.79 Å². The molecule has 1 fully saturated rings. The van der Waals surface area contributed by atoms with Gasteiger partial charge in [-0.05, 0) is 28.9 Å². The van der Waals surface area contributed by atoms with Gasteiger partial charge in [-0.15, -0.1) is 0 Å². The SMILES string of the molecule is O=C1C[C@H]2C=C[C@H]3C=C(c4ccccc4)[C@@H]1[C@H]32. The molecule has 84 valence electrons. The van der Waals surface area contributed by atoms with Gasteiger partial charge in [0.15, 0.2) is 0 Å². The second kappa shape index (κ2) is 3.19. The summed E-state index contributed by atoms with van der Waals surface area (Å²) in [4.78, 5) is 12.2. The van der Waals surface area contributed by atoms with E-state index >= 15 is 0 Å². The first-order chi connectivity index (χ1) is 8.34. The second-order valence-electron chi connectivity index (χ2n) is 5.34. The highest BCUT2D eigenvalue weighted by Gasteiger charge is 2.51. The van der Waals surface area contributed by atoms with Crippen LogP contribution < -0.4 is 0 Å². The zero-order valence-electron chi connectivity index (χ0n) is 9.54. The van der Waals surface area contributed by atoms with Gasteiger partial charge in [-0.1, -0.05) is 48.6 Å². The molecule has 1 nitrogen and oxygen atoms in total. The lowest BCUT2D eigenvalue weighted by Crippen LogP contribution is -2.15. The number of hydrogen-bond donors (Lipinski definition) is 0. The summed E-state index contributed by atoms with van der Waals surface area (Å²) in [5.41, 5.74) is 2.51. The lowest BCUT2D eigenvalue weighted by atomic mass is 9.86. The van der Waals surface area contributed by atoms with E-state index in [-0.39, 0.29) is 5.92 Å². The summed E-state index contributed by atoms with van der Waals surface area (Å²) in [7, 11) is 0. The minimum atomic E-state index is 0.169. The molecule has 0 amide bonds. The molecule has 0 radical (unpaired) electrons. The molecule has 0 aliphatic heterocycles. The maximum atomic E-state index is 12.2. The molecule has 0 aromatic heterocycles. The number of benzene rings is 1. The van der Waals surface area contributed by atoms with Crippen molar-refractivity contribution in [2.75, 3.05) is 0 Å². The molecule has 0 heterocycles. The smallest absolute Gasteiger partial charge is 0.141 e. The number of carbonyl (C=O) groups is 1. The monoisotopic (exact) mass is 222 g/mol. The summed E-state index contributed by atoms with van der Waals surface area (Å²) >= 11 is 0. The molecule has 1 aromatic rings. The van der Waals surface area contributed by atoms with Crippen LogP contribution in [0.15, 0.2) is 48.6 Å². The van der Waals surface area contributed by atoms with Crippen molar-refractivity contribution >= 4 is 11.4 Å². The summed E-state index contributed by atoms with van der Waals surface area (Å²) in [6.45, 7) is 0. The van der Waals surface area contributed by atoms with Crippen LogP contribution in [0.5, 0.6) is 0 Å². The molecule has 3 aliphatic rings. The fourth-order valence-electron chi connectivity index (χ4n) is 3.83. The van der Waals surface area contributed by atoms with Gasteiger partial charge in [-0.2, -0.15) is 0 Å². The van der Waals surface area contributed by atoms with Crippen molar-refractivity contribution in [1.29, 1.82) is 0 Å². The van der Waals surface area contributed by atoms with E-state index in [0.717, 1.165) is 6.42 Å². The maximum Gasteiger partial charge on any atom is 0.141 e. The van der Waals surface area contributed by atoms with E-state index in [1.807, 2.05) is 6.07 Å². The lowest BCUT2D eigenvalue weighted by Gasteiger charge is -2.15.